The van der Waals surface area contributed by atoms with Crippen LogP contribution in [-0.2, 0) is 23.4 Å². The molecule has 14 heteroatoms. The van der Waals surface area contributed by atoms with Crippen LogP contribution < -0.4 is 16.3 Å². The van der Waals surface area contributed by atoms with E-state index in [0.29, 0.717) is 4.90 Å². The summed E-state index contributed by atoms with van der Waals surface area (Å²) < 4.78 is 31.6. The van der Waals surface area contributed by atoms with Crippen LogP contribution in [0.4, 0.5) is 0 Å². The number of nitrogens with one attached hydrogen (secondary N) is 2. The third kappa shape index (κ3) is 6.89. The number of H-pyrrole nitrogens is 1. The molecule has 1 aliphatic rings. The van der Waals surface area contributed by atoms with E-state index in [9.17, 15) is 24.1 Å². The highest BCUT2D eigenvalue weighted by Crippen LogP contribution is 2.60. The summed E-state index contributed by atoms with van der Waals surface area (Å²) in [5.41, 5.74) is -1.36. The van der Waals surface area contributed by atoms with Crippen molar-refractivity contribution in [1.29, 1.82) is 0 Å². The van der Waals surface area contributed by atoms with E-state index in [-0.39, 0.29) is 12.7 Å². The number of esters is 1. The molecular formula is C22H29ClN3O8PS. The fourth-order valence-corrected chi connectivity index (χ4v) is 7.60. The zero-order valence-electron chi connectivity index (χ0n) is 20.1. The lowest BCUT2D eigenvalue weighted by molar-refractivity contribution is -0.149. The Morgan fingerprint density at radius 1 is 1.31 bits per heavy atom. The summed E-state index contributed by atoms with van der Waals surface area (Å²) in [5.74, 6) is -0.606. The van der Waals surface area contributed by atoms with E-state index in [1.807, 2.05) is 0 Å². The van der Waals surface area contributed by atoms with Crippen LogP contribution in [0.3, 0.4) is 0 Å². The lowest BCUT2D eigenvalue weighted by Gasteiger charge is -2.26. The number of aromatic amines is 1. The average molecular weight is 562 g/mol. The van der Waals surface area contributed by atoms with Crippen molar-refractivity contribution in [3.05, 3.63) is 63.4 Å². The first-order chi connectivity index (χ1) is 16.8. The fourth-order valence-electron chi connectivity index (χ4n) is 3.47. The molecule has 1 aromatic heterocycles. The SMILES string of the molecule is CC(C)OC(=O)[C@@H](C)N[P@](=O)(OC[C@H]1O[C@@H](n2ccc(=O)[nH]c2=O)[C@](C)(Cl)[C@@H]1O)Sc1ccccc1. The standard InChI is InChI=1S/C22H29ClN3O8PS/c1-13(2)33-19(29)14(3)25-35(31,36-15-8-6-5-7-9-15)32-12-16-18(28)22(4,23)20(34-16)26-11-10-17(27)24-21(26)30/h5-11,13-14,16,18,20,28H,12H2,1-4H3,(H,25,31)(H,24,27,30)/t14-,16-,18-,20-,22-,35+/m1/s1. The number of hydrogen-bond acceptors (Lipinski definition) is 9. The normalized spacial score (nSPS) is 26.5. The number of carbonyl (C=O) groups is 1. The topological polar surface area (TPSA) is 149 Å². The van der Waals surface area contributed by atoms with Crippen LogP contribution in [-0.4, -0.2) is 56.5 Å². The number of aliphatic hydroxyl groups is 1. The Kier molecular flexibility index (Phi) is 9.26. The first kappa shape index (κ1) is 28.6. The second-order valence-electron chi connectivity index (χ2n) is 8.67. The molecule has 0 radical (unpaired) electrons. The summed E-state index contributed by atoms with van der Waals surface area (Å²) in [6.07, 6.45) is -2.72. The van der Waals surface area contributed by atoms with Crippen LogP contribution in [0.2, 0.25) is 0 Å². The predicted molar refractivity (Wildman–Crippen MR) is 135 cm³/mol. The molecule has 6 atom stereocenters. The molecule has 3 rings (SSSR count). The molecule has 2 aromatic rings. The molecular weight excluding hydrogens is 533 g/mol. The van der Waals surface area contributed by atoms with Crippen molar-refractivity contribution in [2.75, 3.05) is 6.61 Å². The third-order valence-electron chi connectivity index (χ3n) is 5.26. The summed E-state index contributed by atoms with van der Waals surface area (Å²) in [6.45, 7) is 2.19. The number of alkyl halides is 1. The minimum absolute atomic E-state index is 0.361. The lowest BCUT2D eigenvalue weighted by Crippen LogP contribution is -2.43. The lowest BCUT2D eigenvalue weighted by atomic mass is 10.0. The van der Waals surface area contributed by atoms with Crippen LogP contribution in [0.25, 0.3) is 0 Å². The quantitative estimate of drug-likeness (QED) is 0.224. The van der Waals surface area contributed by atoms with E-state index in [1.54, 1.807) is 44.2 Å². The van der Waals surface area contributed by atoms with Gasteiger partial charge < -0.3 is 19.1 Å². The highest BCUT2D eigenvalue weighted by atomic mass is 35.5. The Hall–Kier alpha value is -1.92. The molecule has 1 aromatic carbocycles. The van der Waals surface area contributed by atoms with Crippen molar-refractivity contribution in [1.82, 2.24) is 14.6 Å². The van der Waals surface area contributed by atoms with E-state index in [1.165, 1.54) is 20.0 Å². The maximum atomic E-state index is 13.8. The van der Waals surface area contributed by atoms with Gasteiger partial charge in [0.15, 0.2) is 6.23 Å². The Bertz CT molecular complexity index is 1220. The molecule has 3 N–H and O–H groups in total. The van der Waals surface area contributed by atoms with Gasteiger partial charge in [-0.1, -0.05) is 18.2 Å². The summed E-state index contributed by atoms with van der Waals surface area (Å²) >= 11 is 7.44. The van der Waals surface area contributed by atoms with Crippen molar-refractivity contribution in [2.45, 2.75) is 68.0 Å². The van der Waals surface area contributed by atoms with Crippen LogP contribution >= 0.6 is 29.7 Å². The van der Waals surface area contributed by atoms with Crippen LogP contribution in [0.15, 0.2) is 57.1 Å². The van der Waals surface area contributed by atoms with Crippen molar-refractivity contribution in [2.24, 2.45) is 0 Å². The number of aromatic nitrogens is 2. The number of rotatable bonds is 10. The van der Waals surface area contributed by atoms with Crippen LogP contribution in [0, 0.1) is 0 Å². The zero-order valence-corrected chi connectivity index (χ0v) is 22.6. The first-order valence-corrected chi connectivity index (χ1v) is 14.6. The molecule has 0 saturated carbocycles. The smallest absolute Gasteiger partial charge is 0.332 e. The Labute approximate surface area is 216 Å². The minimum Gasteiger partial charge on any atom is -0.462 e. The molecule has 0 amide bonds. The van der Waals surface area contributed by atoms with Gasteiger partial charge in [0.2, 0.25) is 0 Å². The summed E-state index contributed by atoms with van der Waals surface area (Å²) in [4.78, 5) is 37.3. The van der Waals surface area contributed by atoms with Crippen LogP contribution in [0.1, 0.15) is 33.9 Å². The Morgan fingerprint density at radius 3 is 2.58 bits per heavy atom. The highest BCUT2D eigenvalue weighted by Gasteiger charge is 2.54. The molecule has 0 spiro atoms. The highest BCUT2D eigenvalue weighted by molar-refractivity contribution is 8.56. The van der Waals surface area contributed by atoms with Gasteiger partial charge in [0, 0.05) is 17.2 Å². The van der Waals surface area contributed by atoms with Gasteiger partial charge in [0.25, 0.3) is 5.56 Å². The van der Waals surface area contributed by atoms with Gasteiger partial charge in [0.1, 0.15) is 23.1 Å². The predicted octanol–water partition coefficient (Wildman–Crippen LogP) is 2.64. The van der Waals surface area contributed by atoms with Gasteiger partial charge in [-0.05, 0) is 51.2 Å². The van der Waals surface area contributed by atoms with Gasteiger partial charge in [-0.15, -0.1) is 11.6 Å². The van der Waals surface area contributed by atoms with Gasteiger partial charge in [-0.2, -0.15) is 0 Å². The average Bonchev–Trinajstić information content (AvgIpc) is 3.01. The molecule has 11 nitrogen and oxygen atoms in total. The van der Waals surface area contributed by atoms with Gasteiger partial charge in [0.05, 0.1) is 12.7 Å². The van der Waals surface area contributed by atoms with E-state index in [0.717, 1.165) is 22.0 Å². The molecule has 2 heterocycles. The van der Waals surface area contributed by atoms with Gasteiger partial charge >= 0.3 is 18.4 Å². The number of carbonyl (C=O) groups excluding carboxylic acids is 1. The first-order valence-electron chi connectivity index (χ1n) is 11.1. The second-order valence-corrected chi connectivity index (χ2v) is 13.6. The Balaban J connectivity index is 1.80. The second kappa shape index (κ2) is 11.6. The number of hydrogen-bond donors (Lipinski definition) is 3. The van der Waals surface area contributed by atoms with Crippen molar-refractivity contribution in [3.8, 4) is 0 Å². The van der Waals surface area contributed by atoms with Gasteiger partial charge in [-0.3, -0.25) is 23.7 Å². The van der Waals surface area contributed by atoms with Crippen LogP contribution in [0.5, 0.6) is 0 Å². The molecule has 198 valence electrons. The molecule has 36 heavy (non-hydrogen) atoms. The molecule has 1 aliphatic heterocycles. The Morgan fingerprint density at radius 2 is 1.97 bits per heavy atom. The summed E-state index contributed by atoms with van der Waals surface area (Å²) in [7, 11) is 0. The van der Waals surface area contributed by atoms with Crippen molar-refractivity contribution >= 4 is 35.7 Å². The largest absolute Gasteiger partial charge is 0.462 e. The molecule has 0 aliphatic carbocycles. The number of nitrogens with zero attached hydrogens (tertiary/aromatic N) is 1. The third-order valence-corrected chi connectivity index (χ3v) is 9.57. The van der Waals surface area contributed by atoms with E-state index >= 15 is 0 Å². The van der Waals surface area contributed by atoms with Gasteiger partial charge in [-0.25, -0.2) is 9.88 Å². The number of aliphatic hydroxyl groups excluding tert-OH is 1. The monoisotopic (exact) mass is 561 g/mol. The summed E-state index contributed by atoms with van der Waals surface area (Å²) in [6, 6.07) is 8.95. The number of halogens is 1. The number of ether oxygens (including phenoxy) is 2. The molecule has 1 fully saturated rings. The zero-order chi connectivity index (χ0) is 26.7. The van der Waals surface area contributed by atoms with E-state index < -0.39 is 53.3 Å². The molecule has 1 saturated heterocycles. The van der Waals surface area contributed by atoms with E-state index in [2.05, 4.69) is 10.1 Å². The fraction of sp³-hybridized carbons (Fsp3) is 0.500. The minimum atomic E-state index is -3.81. The summed E-state index contributed by atoms with van der Waals surface area (Å²) in [5, 5.41) is 13.6. The van der Waals surface area contributed by atoms with Crippen molar-refractivity contribution in [3.63, 3.8) is 0 Å². The molecule has 0 unspecified atom stereocenters. The van der Waals surface area contributed by atoms with E-state index in [4.69, 9.17) is 25.6 Å². The van der Waals surface area contributed by atoms with Crippen molar-refractivity contribution < 1.29 is 28.5 Å². The number of benzene rings is 1. The maximum absolute atomic E-state index is 13.8. The molecule has 0 bridgehead atoms. The maximum Gasteiger partial charge on any atom is 0.332 e.